The van der Waals surface area contributed by atoms with Gasteiger partial charge >= 0.3 is 0 Å². The molecule has 1 aliphatic rings. The van der Waals surface area contributed by atoms with Crippen molar-refractivity contribution in [3.63, 3.8) is 0 Å². The summed E-state index contributed by atoms with van der Waals surface area (Å²) >= 11 is 0. The van der Waals surface area contributed by atoms with E-state index in [2.05, 4.69) is 26.9 Å². The van der Waals surface area contributed by atoms with Crippen LogP contribution in [0.15, 0.2) is 71.6 Å². The maximum Gasteiger partial charge on any atom is 0.263 e. The standard InChI is InChI=1S/C27H30N5O4S/c1-4-32(13-8-14-32)20-9-7-10-23(17-20)37(33,34)31-27-26(29-24-11-5-6-12-25(24)30-27)28-19-15-21(35-2)18-22(16-19)36-3/h5-7,9-12,15-18H,4,8,13-14H2,1-3H3,(H,28,29)(H,30,31)/q+1. The topological polar surface area (TPSA) is 102 Å². The molecule has 1 saturated heterocycles. The number of ether oxygens (including phenoxy) is 2. The fourth-order valence-corrected chi connectivity index (χ4v) is 5.65. The van der Waals surface area contributed by atoms with Gasteiger partial charge in [-0.2, -0.15) is 0 Å². The number of benzene rings is 3. The first-order chi connectivity index (χ1) is 17.9. The van der Waals surface area contributed by atoms with E-state index in [1.165, 1.54) is 0 Å². The summed E-state index contributed by atoms with van der Waals surface area (Å²) in [5, 5.41) is 3.19. The quantitative estimate of drug-likeness (QED) is 0.302. The van der Waals surface area contributed by atoms with E-state index in [1.807, 2.05) is 24.3 Å². The molecule has 37 heavy (non-hydrogen) atoms. The number of methoxy groups -OCH3 is 2. The van der Waals surface area contributed by atoms with E-state index < -0.39 is 10.0 Å². The summed E-state index contributed by atoms with van der Waals surface area (Å²) in [4.78, 5) is 9.45. The molecule has 0 spiro atoms. The molecule has 10 heteroatoms. The molecule has 1 aromatic heterocycles. The normalized spacial score (nSPS) is 14.6. The number of nitrogens with one attached hydrogen (secondary N) is 2. The third kappa shape index (κ3) is 4.90. The van der Waals surface area contributed by atoms with Gasteiger partial charge < -0.3 is 14.8 Å². The van der Waals surface area contributed by atoms with Crippen molar-refractivity contribution in [2.45, 2.75) is 18.2 Å². The zero-order valence-electron chi connectivity index (χ0n) is 21.1. The number of likely N-dealkylation sites (tertiary alicyclic amines) is 1. The summed E-state index contributed by atoms with van der Waals surface area (Å²) in [6.45, 7) is 5.09. The molecule has 9 nitrogen and oxygen atoms in total. The highest BCUT2D eigenvalue weighted by Crippen LogP contribution is 2.34. The molecule has 0 amide bonds. The minimum absolute atomic E-state index is 0.0919. The van der Waals surface area contributed by atoms with E-state index in [9.17, 15) is 8.42 Å². The molecule has 0 saturated carbocycles. The average molecular weight is 521 g/mol. The Labute approximate surface area is 216 Å². The molecule has 1 aliphatic heterocycles. The fraction of sp³-hybridized carbons (Fsp3) is 0.259. The van der Waals surface area contributed by atoms with E-state index in [4.69, 9.17) is 9.47 Å². The van der Waals surface area contributed by atoms with Crippen LogP contribution >= 0.6 is 0 Å². The van der Waals surface area contributed by atoms with E-state index in [0.29, 0.717) is 28.2 Å². The second-order valence-corrected chi connectivity index (χ2v) is 10.7. The molecule has 0 bridgehead atoms. The molecule has 0 unspecified atom stereocenters. The highest BCUT2D eigenvalue weighted by atomic mass is 32.2. The minimum Gasteiger partial charge on any atom is -0.497 e. The molecule has 0 atom stereocenters. The van der Waals surface area contributed by atoms with Crippen LogP contribution in [-0.4, -0.2) is 52.2 Å². The van der Waals surface area contributed by atoms with Gasteiger partial charge in [0.15, 0.2) is 11.6 Å². The van der Waals surface area contributed by atoms with Gasteiger partial charge in [0.1, 0.15) is 17.2 Å². The Bertz CT molecular complexity index is 1530. The fourth-order valence-electron chi connectivity index (χ4n) is 4.60. The lowest BCUT2D eigenvalue weighted by molar-refractivity contribution is 0.193. The van der Waals surface area contributed by atoms with E-state index in [-0.39, 0.29) is 16.5 Å². The number of rotatable bonds is 9. The van der Waals surface area contributed by atoms with Gasteiger partial charge in [-0.05, 0) is 31.2 Å². The van der Waals surface area contributed by atoms with Gasteiger partial charge in [0, 0.05) is 36.4 Å². The minimum atomic E-state index is -3.95. The summed E-state index contributed by atoms with van der Waals surface area (Å²) in [5.74, 6) is 1.50. The first-order valence-corrected chi connectivity index (χ1v) is 13.6. The molecular weight excluding hydrogens is 490 g/mol. The van der Waals surface area contributed by atoms with Gasteiger partial charge in [-0.25, -0.2) is 18.4 Å². The van der Waals surface area contributed by atoms with Crippen LogP contribution in [0.25, 0.3) is 11.0 Å². The summed E-state index contributed by atoms with van der Waals surface area (Å²) in [5.41, 5.74) is 2.80. The number of nitrogens with zero attached hydrogens (tertiary/aromatic N) is 3. The number of anilines is 3. The maximum atomic E-state index is 13.6. The van der Waals surface area contributed by atoms with Crippen LogP contribution in [0.2, 0.25) is 0 Å². The van der Waals surface area contributed by atoms with Crippen LogP contribution < -0.4 is 24.0 Å². The third-order valence-corrected chi connectivity index (χ3v) is 8.21. The maximum absolute atomic E-state index is 13.6. The molecular formula is C27H30N5O4S+. The van der Waals surface area contributed by atoms with Gasteiger partial charge in [-0.1, -0.05) is 18.2 Å². The lowest BCUT2D eigenvalue weighted by Gasteiger charge is -2.44. The summed E-state index contributed by atoms with van der Waals surface area (Å²) in [6.07, 6.45) is 1.14. The van der Waals surface area contributed by atoms with Gasteiger partial charge in [0.05, 0.1) is 49.8 Å². The van der Waals surface area contributed by atoms with Crippen molar-refractivity contribution < 1.29 is 17.9 Å². The monoisotopic (exact) mass is 520 g/mol. The summed E-state index contributed by atoms with van der Waals surface area (Å²) in [6, 6.07) is 19.7. The van der Waals surface area contributed by atoms with Gasteiger partial charge in [0.25, 0.3) is 10.0 Å². The SMILES string of the molecule is CC[N+]1(c2cccc(S(=O)(=O)Nc3nc4ccccc4nc3Nc3cc(OC)cc(OC)c3)c2)CCC1. The molecule has 4 aromatic rings. The van der Waals surface area contributed by atoms with E-state index >= 15 is 0 Å². The summed E-state index contributed by atoms with van der Waals surface area (Å²) < 4.78 is 41.3. The molecule has 192 valence electrons. The molecule has 2 heterocycles. The predicted molar refractivity (Wildman–Crippen MR) is 146 cm³/mol. The van der Waals surface area contributed by atoms with E-state index in [0.717, 1.165) is 36.2 Å². The second kappa shape index (κ2) is 9.87. The number of sulfonamides is 1. The first-order valence-electron chi connectivity index (χ1n) is 12.1. The molecule has 5 rings (SSSR count). The Morgan fingerprint density at radius 1 is 0.865 bits per heavy atom. The average Bonchev–Trinajstić information content (AvgIpc) is 2.88. The van der Waals surface area contributed by atoms with Gasteiger partial charge in [0.2, 0.25) is 0 Å². The van der Waals surface area contributed by atoms with Gasteiger partial charge in [-0.3, -0.25) is 9.21 Å². The van der Waals surface area contributed by atoms with Crippen molar-refractivity contribution in [3.8, 4) is 11.5 Å². The Hall–Kier alpha value is -3.89. The van der Waals surface area contributed by atoms with Crippen LogP contribution in [0.3, 0.4) is 0 Å². The lowest BCUT2D eigenvalue weighted by Crippen LogP contribution is -2.59. The van der Waals surface area contributed by atoms with Crippen molar-refractivity contribution in [3.05, 3.63) is 66.7 Å². The zero-order valence-corrected chi connectivity index (χ0v) is 21.9. The van der Waals surface area contributed by atoms with Crippen molar-refractivity contribution in [2.75, 3.05) is 43.9 Å². The highest BCUT2D eigenvalue weighted by Gasteiger charge is 2.36. The zero-order chi connectivity index (χ0) is 26.0. The Balaban J connectivity index is 1.54. The molecule has 0 radical (unpaired) electrons. The van der Waals surface area contributed by atoms with Crippen LogP contribution in [0.4, 0.5) is 23.0 Å². The van der Waals surface area contributed by atoms with Gasteiger partial charge in [-0.15, -0.1) is 0 Å². The number of aromatic nitrogens is 2. The number of para-hydroxylation sites is 2. The lowest BCUT2D eigenvalue weighted by atomic mass is 10.1. The van der Waals surface area contributed by atoms with Crippen molar-refractivity contribution in [2.24, 2.45) is 0 Å². The Morgan fingerprint density at radius 2 is 1.51 bits per heavy atom. The van der Waals surface area contributed by atoms with Crippen LogP contribution in [-0.2, 0) is 10.0 Å². The number of hydrogen-bond donors (Lipinski definition) is 2. The predicted octanol–water partition coefficient (Wildman–Crippen LogP) is 4.92. The van der Waals surface area contributed by atoms with Crippen molar-refractivity contribution in [1.82, 2.24) is 14.5 Å². The van der Waals surface area contributed by atoms with E-state index in [1.54, 1.807) is 56.7 Å². The van der Waals surface area contributed by atoms with Crippen LogP contribution in [0.1, 0.15) is 13.3 Å². The van der Waals surface area contributed by atoms with Crippen LogP contribution in [0, 0.1) is 0 Å². The highest BCUT2D eigenvalue weighted by molar-refractivity contribution is 7.92. The Morgan fingerprint density at radius 3 is 2.08 bits per heavy atom. The third-order valence-electron chi connectivity index (χ3n) is 6.87. The number of hydrogen-bond acceptors (Lipinski definition) is 7. The molecule has 3 aromatic carbocycles. The van der Waals surface area contributed by atoms with Crippen molar-refractivity contribution >= 4 is 44.1 Å². The first kappa shape index (κ1) is 24.8. The second-order valence-electron chi connectivity index (χ2n) is 9.00. The Kier molecular flexibility index (Phi) is 6.61. The molecule has 1 fully saturated rings. The largest absolute Gasteiger partial charge is 0.497 e. The van der Waals surface area contributed by atoms with Crippen molar-refractivity contribution in [1.29, 1.82) is 0 Å². The summed E-state index contributed by atoms with van der Waals surface area (Å²) in [7, 11) is -0.824. The van der Waals surface area contributed by atoms with Crippen LogP contribution in [0.5, 0.6) is 11.5 Å². The smallest absolute Gasteiger partial charge is 0.263 e. The number of fused-ring (bicyclic) bond motifs is 1. The number of quaternary nitrogens is 1. The molecule has 0 aliphatic carbocycles. The molecule has 2 N–H and O–H groups in total.